The van der Waals surface area contributed by atoms with Gasteiger partial charge < -0.3 is 15.1 Å². The maximum Gasteiger partial charge on any atom is 0.336 e. The average molecular weight is 263 g/mol. The number of rotatable bonds is 2. The molecule has 1 heterocycles. The first-order valence-corrected chi connectivity index (χ1v) is 6.25. The van der Waals surface area contributed by atoms with Gasteiger partial charge >= 0.3 is 5.97 Å². The van der Waals surface area contributed by atoms with Crippen molar-refractivity contribution in [3.8, 4) is 0 Å². The fraction of sp³-hybridized carbons (Fsp3) is 0.429. The first-order valence-electron chi connectivity index (χ1n) is 6.25. The second-order valence-corrected chi connectivity index (χ2v) is 5.18. The van der Waals surface area contributed by atoms with Crippen LogP contribution in [0, 0.1) is 0 Å². The maximum atomic E-state index is 12.4. The Morgan fingerprint density at radius 1 is 1.26 bits per heavy atom. The predicted molar refractivity (Wildman–Crippen MR) is 69.2 cm³/mol. The Balaban J connectivity index is 2.27. The van der Waals surface area contributed by atoms with E-state index in [9.17, 15) is 14.7 Å². The number of carbonyl (C=O) groups is 2. The first kappa shape index (κ1) is 13.5. The number of amides is 1. The van der Waals surface area contributed by atoms with Crippen LogP contribution in [0.25, 0.3) is 0 Å². The molecule has 0 radical (unpaired) electrons. The van der Waals surface area contributed by atoms with Gasteiger partial charge in [0.2, 0.25) is 0 Å². The molecule has 0 spiro atoms. The summed E-state index contributed by atoms with van der Waals surface area (Å²) in [6, 6.07) is 6.15. The molecule has 1 unspecified atom stereocenters. The van der Waals surface area contributed by atoms with Gasteiger partial charge in [0.15, 0.2) is 0 Å². The van der Waals surface area contributed by atoms with E-state index in [1.54, 1.807) is 19.1 Å². The smallest absolute Gasteiger partial charge is 0.336 e. The molecule has 0 aliphatic carbocycles. The topological polar surface area (TPSA) is 77.8 Å². The number of nitrogens with zero attached hydrogens (tertiary/aromatic N) is 1. The van der Waals surface area contributed by atoms with Crippen molar-refractivity contribution in [3.05, 3.63) is 35.4 Å². The van der Waals surface area contributed by atoms with E-state index >= 15 is 0 Å². The van der Waals surface area contributed by atoms with Gasteiger partial charge in [0.1, 0.15) is 0 Å². The highest BCUT2D eigenvalue weighted by Crippen LogP contribution is 2.22. The molecule has 19 heavy (non-hydrogen) atoms. The summed E-state index contributed by atoms with van der Waals surface area (Å²) in [6.07, 6.45) is 1.37. The SMILES string of the molecule is CC1(O)CCCN(C(=O)c2ccccc2C(=O)O)C1. The molecule has 5 heteroatoms. The monoisotopic (exact) mass is 263 g/mol. The number of likely N-dealkylation sites (tertiary alicyclic amines) is 1. The van der Waals surface area contributed by atoms with E-state index < -0.39 is 11.6 Å². The quantitative estimate of drug-likeness (QED) is 0.844. The summed E-state index contributed by atoms with van der Waals surface area (Å²) in [7, 11) is 0. The Labute approximate surface area is 111 Å². The Morgan fingerprint density at radius 2 is 1.89 bits per heavy atom. The van der Waals surface area contributed by atoms with Crippen molar-refractivity contribution >= 4 is 11.9 Å². The number of benzene rings is 1. The summed E-state index contributed by atoms with van der Waals surface area (Å²) in [4.78, 5) is 25.0. The summed E-state index contributed by atoms with van der Waals surface area (Å²) < 4.78 is 0. The van der Waals surface area contributed by atoms with Crippen molar-refractivity contribution < 1.29 is 19.8 Å². The third-order valence-electron chi connectivity index (χ3n) is 3.35. The molecule has 5 nitrogen and oxygen atoms in total. The zero-order valence-corrected chi connectivity index (χ0v) is 10.8. The van der Waals surface area contributed by atoms with Crippen molar-refractivity contribution in [2.45, 2.75) is 25.4 Å². The molecule has 1 saturated heterocycles. The highest BCUT2D eigenvalue weighted by molar-refractivity contribution is 6.04. The van der Waals surface area contributed by atoms with Gasteiger partial charge in [0.25, 0.3) is 5.91 Å². The molecule has 102 valence electrons. The number of hydrogen-bond acceptors (Lipinski definition) is 3. The molecule has 1 aliphatic rings. The van der Waals surface area contributed by atoms with Gasteiger partial charge in [-0.1, -0.05) is 12.1 Å². The molecule has 2 rings (SSSR count). The first-order chi connectivity index (χ1) is 8.91. The number of piperidine rings is 1. The van der Waals surface area contributed by atoms with Crippen LogP contribution in [0.1, 0.15) is 40.5 Å². The van der Waals surface area contributed by atoms with Crippen LogP contribution in [-0.2, 0) is 0 Å². The Kier molecular flexibility index (Phi) is 3.57. The molecule has 0 bridgehead atoms. The highest BCUT2D eigenvalue weighted by atomic mass is 16.4. The zero-order valence-electron chi connectivity index (χ0n) is 10.8. The number of carboxylic acid groups (broad SMARTS) is 1. The lowest BCUT2D eigenvalue weighted by atomic mass is 9.94. The molecular formula is C14H17NO4. The van der Waals surface area contributed by atoms with Crippen molar-refractivity contribution in [2.75, 3.05) is 13.1 Å². The van der Waals surface area contributed by atoms with E-state index in [0.717, 1.165) is 0 Å². The third-order valence-corrected chi connectivity index (χ3v) is 3.35. The average Bonchev–Trinajstić information content (AvgIpc) is 2.36. The summed E-state index contributed by atoms with van der Waals surface area (Å²) >= 11 is 0. The fourth-order valence-electron chi connectivity index (χ4n) is 2.42. The molecule has 1 fully saturated rings. The van der Waals surface area contributed by atoms with Gasteiger partial charge in [-0.05, 0) is 31.9 Å². The summed E-state index contributed by atoms with van der Waals surface area (Å²) in [5.74, 6) is -1.45. The summed E-state index contributed by atoms with van der Waals surface area (Å²) in [6.45, 7) is 2.47. The van der Waals surface area contributed by atoms with Crippen LogP contribution in [0.3, 0.4) is 0 Å². The van der Waals surface area contributed by atoms with Gasteiger partial charge in [-0.25, -0.2) is 4.79 Å². The Hall–Kier alpha value is -1.88. The van der Waals surface area contributed by atoms with Gasteiger partial charge in [0.05, 0.1) is 16.7 Å². The molecule has 1 aromatic rings. The van der Waals surface area contributed by atoms with Gasteiger partial charge in [-0.15, -0.1) is 0 Å². The van der Waals surface area contributed by atoms with Gasteiger partial charge in [-0.3, -0.25) is 4.79 Å². The molecular weight excluding hydrogens is 246 g/mol. The number of aliphatic hydroxyl groups is 1. The Bertz CT molecular complexity index is 510. The predicted octanol–water partition coefficient (Wildman–Crippen LogP) is 1.37. The molecule has 0 saturated carbocycles. The minimum absolute atomic E-state index is 0.00211. The molecule has 1 aromatic carbocycles. The largest absolute Gasteiger partial charge is 0.478 e. The van der Waals surface area contributed by atoms with Crippen LogP contribution in [0.2, 0.25) is 0 Å². The molecule has 1 amide bonds. The van der Waals surface area contributed by atoms with E-state index in [-0.39, 0.29) is 23.6 Å². The number of hydrogen-bond donors (Lipinski definition) is 2. The lowest BCUT2D eigenvalue weighted by Gasteiger charge is -2.37. The second kappa shape index (κ2) is 5.01. The standard InChI is InChI=1S/C14H17NO4/c1-14(19)7-4-8-15(9-14)12(16)10-5-2-3-6-11(10)13(17)18/h2-3,5-6,19H,4,7-9H2,1H3,(H,17,18). The van der Waals surface area contributed by atoms with Crippen molar-refractivity contribution in [2.24, 2.45) is 0 Å². The minimum Gasteiger partial charge on any atom is -0.478 e. The molecule has 1 aliphatic heterocycles. The number of β-amino-alcohol motifs (C(OH)–C–C–N with tert-alkyl or cyclic N) is 1. The van der Waals surface area contributed by atoms with E-state index in [0.29, 0.717) is 19.4 Å². The number of aromatic carboxylic acids is 1. The van der Waals surface area contributed by atoms with Crippen LogP contribution < -0.4 is 0 Å². The summed E-state index contributed by atoms with van der Waals surface area (Å²) in [5.41, 5.74) is -0.725. The van der Waals surface area contributed by atoms with E-state index in [1.165, 1.54) is 17.0 Å². The number of carboxylic acids is 1. The minimum atomic E-state index is -1.12. The van der Waals surface area contributed by atoms with Crippen LogP contribution in [0.5, 0.6) is 0 Å². The third kappa shape index (κ3) is 2.93. The molecule has 2 N–H and O–H groups in total. The van der Waals surface area contributed by atoms with Crippen LogP contribution in [-0.4, -0.2) is 45.7 Å². The summed E-state index contributed by atoms with van der Waals surface area (Å²) in [5, 5.41) is 19.1. The van der Waals surface area contributed by atoms with Gasteiger partial charge in [0, 0.05) is 13.1 Å². The number of carbonyl (C=O) groups excluding carboxylic acids is 1. The zero-order chi connectivity index (χ0) is 14.0. The van der Waals surface area contributed by atoms with Crippen molar-refractivity contribution in [1.29, 1.82) is 0 Å². The van der Waals surface area contributed by atoms with Gasteiger partial charge in [-0.2, -0.15) is 0 Å². The van der Waals surface area contributed by atoms with E-state index in [4.69, 9.17) is 5.11 Å². The van der Waals surface area contributed by atoms with E-state index in [1.807, 2.05) is 0 Å². The lowest BCUT2D eigenvalue weighted by Crippen LogP contribution is -2.48. The normalized spacial score (nSPS) is 23.2. The fourth-order valence-corrected chi connectivity index (χ4v) is 2.42. The van der Waals surface area contributed by atoms with Crippen LogP contribution in [0.4, 0.5) is 0 Å². The molecule has 1 atom stereocenters. The highest BCUT2D eigenvalue weighted by Gasteiger charge is 2.32. The second-order valence-electron chi connectivity index (χ2n) is 5.18. The Morgan fingerprint density at radius 3 is 2.47 bits per heavy atom. The van der Waals surface area contributed by atoms with Crippen molar-refractivity contribution in [3.63, 3.8) is 0 Å². The van der Waals surface area contributed by atoms with Crippen LogP contribution >= 0.6 is 0 Å². The molecule has 0 aromatic heterocycles. The van der Waals surface area contributed by atoms with E-state index in [2.05, 4.69) is 0 Å². The van der Waals surface area contributed by atoms with Crippen LogP contribution in [0.15, 0.2) is 24.3 Å². The lowest BCUT2D eigenvalue weighted by molar-refractivity contribution is -0.0107. The maximum absolute atomic E-state index is 12.4. The van der Waals surface area contributed by atoms with Crippen molar-refractivity contribution in [1.82, 2.24) is 4.90 Å².